The lowest BCUT2D eigenvalue weighted by molar-refractivity contribution is 0.0527. The zero-order valence-corrected chi connectivity index (χ0v) is 22.4. The number of para-hydroxylation sites is 1. The van der Waals surface area contributed by atoms with Gasteiger partial charge in [-0.3, -0.25) is 0 Å². The molecule has 0 atom stereocenters. The monoisotopic (exact) mass is 548 g/mol. The molecule has 1 aliphatic heterocycles. The lowest BCUT2D eigenvalue weighted by Gasteiger charge is -2.26. The van der Waals surface area contributed by atoms with Crippen molar-refractivity contribution < 1.29 is 32.2 Å². The van der Waals surface area contributed by atoms with Gasteiger partial charge in [-0.2, -0.15) is 4.31 Å². The second-order valence-electron chi connectivity index (χ2n) is 8.96. The Bertz CT molecular complexity index is 1620. The molecule has 2 heterocycles. The number of aromatic nitrogens is 1. The van der Waals surface area contributed by atoms with E-state index in [4.69, 9.17) is 14.2 Å². The van der Waals surface area contributed by atoms with E-state index in [1.807, 2.05) is 41.8 Å². The standard InChI is InChI=1S/C29H28N2O7S/c1-3-37-29(33)27-20(2)31(22-7-5-4-6-8-22)26-14-11-23(19-25(26)27)38-28(32)21-9-12-24(13-10-21)39(34,35)30-15-17-36-18-16-30/h4-14,19H,3,15-18H2,1-2H3. The predicted molar refractivity (Wildman–Crippen MR) is 145 cm³/mol. The molecule has 0 bridgehead atoms. The van der Waals surface area contributed by atoms with E-state index in [0.717, 1.165) is 11.2 Å². The Morgan fingerprint density at radius 1 is 0.923 bits per heavy atom. The Morgan fingerprint density at radius 2 is 1.62 bits per heavy atom. The van der Waals surface area contributed by atoms with Crippen LogP contribution >= 0.6 is 0 Å². The third kappa shape index (κ3) is 5.18. The second-order valence-corrected chi connectivity index (χ2v) is 10.9. The molecule has 202 valence electrons. The van der Waals surface area contributed by atoms with Crippen molar-refractivity contribution in [1.29, 1.82) is 0 Å². The highest BCUT2D eigenvalue weighted by Crippen LogP contribution is 2.33. The van der Waals surface area contributed by atoms with Crippen LogP contribution in [0.15, 0.2) is 77.7 Å². The van der Waals surface area contributed by atoms with Gasteiger partial charge in [-0.15, -0.1) is 0 Å². The molecule has 1 saturated heterocycles. The van der Waals surface area contributed by atoms with Crippen LogP contribution in [-0.2, 0) is 19.5 Å². The van der Waals surface area contributed by atoms with Gasteiger partial charge < -0.3 is 18.8 Å². The van der Waals surface area contributed by atoms with Gasteiger partial charge in [-0.25, -0.2) is 18.0 Å². The van der Waals surface area contributed by atoms with Crippen molar-refractivity contribution in [2.24, 2.45) is 0 Å². The van der Waals surface area contributed by atoms with E-state index in [9.17, 15) is 18.0 Å². The van der Waals surface area contributed by atoms with Crippen molar-refractivity contribution in [3.63, 3.8) is 0 Å². The van der Waals surface area contributed by atoms with Crippen LogP contribution in [0.5, 0.6) is 5.75 Å². The van der Waals surface area contributed by atoms with E-state index in [-0.39, 0.29) is 35.9 Å². The van der Waals surface area contributed by atoms with Crippen molar-refractivity contribution in [2.45, 2.75) is 18.7 Å². The van der Waals surface area contributed by atoms with Crippen LogP contribution in [0.25, 0.3) is 16.6 Å². The highest BCUT2D eigenvalue weighted by molar-refractivity contribution is 7.89. The molecule has 1 fully saturated rings. The number of rotatable bonds is 7. The van der Waals surface area contributed by atoms with E-state index in [2.05, 4.69) is 0 Å². The Morgan fingerprint density at radius 3 is 2.28 bits per heavy atom. The molecule has 0 N–H and O–H groups in total. The number of carbonyl (C=O) groups excluding carboxylic acids is 2. The van der Waals surface area contributed by atoms with Crippen molar-refractivity contribution in [2.75, 3.05) is 32.9 Å². The number of sulfonamides is 1. The zero-order valence-electron chi connectivity index (χ0n) is 21.6. The van der Waals surface area contributed by atoms with Crippen molar-refractivity contribution in [1.82, 2.24) is 8.87 Å². The summed E-state index contributed by atoms with van der Waals surface area (Å²) in [6.07, 6.45) is 0. The van der Waals surface area contributed by atoms with E-state index in [1.54, 1.807) is 25.1 Å². The van der Waals surface area contributed by atoms with E-state index >= 15 is 0 Å². The van der Waals surface area contributed by atoms with Crippen LogP contribution in [0.4, 0.5) is 0 Å². The first kappa shape index (κ1) is 26.6. The maximum absolute atomic E-state index is 12.9. The van der Waals surface area contributed by atoms with E-state index in [0.29, 0.717) is 29.9 Å². The Labute approximate surface area is 226 Å². The summed E-state index contributed by atoms with van der Waals surface area (Å²) in [6.45, 7) is 5.08. The molecule has 1 aromatic heterocycles. The van der Waals surface area contributed by atoms with Gasteiger partial charge in [0.05, 0.1) is 41.4 Å². The van der Waals surface area contributed by atoms with Gasteiger partial charge >= 0.3 is 11.9 Å². The van der Waals surface area contributed by atoms with Crippen molar-refractivity contribution >= 4 is 32.9 Å². The fraction of sp³-hybridized carbons (Fsp3) is 0.241. The smallest absolute Gasteiger partial charge is 0.343 e. The van der Waals surface area contributed by atoms with E-state index < -0.39 is 22.0 Å². The van der Waals surface area contributed by atoms with E-state index in [1.165, 1.54) is 28.6 Å². The molecular weight excluding hydrogens is 520 g/mol. The van der Waals surface area contributed by atoms with Crippen LogP contribution in [0.2, 0.25) is 0 Å². The summed E-state index contributed by atoms with van der Waals surface area (Å²) >= 11 is 0. The third-order valence-corrected chi connectivity index (χ3v) is 8.49. The number of morpholine rings is 1. The first-order chi connectivity index (χ1) is 18.8. The Balaban J connectivity index is 1.44. The maximum atomic E-state index is 12.9. The number of hydrogen-bond donors (Lipinski definition) is 0. The number of nitrogens with zero attached hydrogens (tertiary/aromatic N) is 2. The molecule has 0 amide bonds. The number of benzene rings is 3. The lowest BCUT2D eigenvalue weighted by atomic mass is 10.1. The maximum Gasteiger partial charge on any atom is 0.343 e. The van der Waals surface area contributed by atoms with Crippen molar-refractivity contribution in [3.8, 4) is 11.4 Å². The van der Waals surface area contributed by atoms with Crippen LogP contribution < -0.4 is 4.74 Å². The summed E-state index contributed by atoms with van der Waals surface area (Å²) < 4.78 is 45.2. The molecule has 9 nitrogen and oxygen atoms in total. The average molecular weight is 549 g/mol. The van der Waals surface area contributed by atoms with Gasteiger partial charge in [0.2, 0.25) is 10.0 Å². The summed E-state index contributed by atoms with van der Waals surface area (Å²) in [5.74, 6) is -0.870. The van der Waals surface area contributed by atoms with Gasteiger partial charge in [-0.1, -0.05) is 18.2 Å². The third-order valence-electron chi connectivity index (χ3n) is 6.58. The molecule has 1 aliphatic rings. The fourth-order valence-corrected chi connectivity index (χ4v) is 6.10. The summed E-state index contributed by atoms with van der Waals surface area (Å²) in [7, 11) is -3.68. The SMILES string of the molecule is CCOC(=O)c1c(C)n(-c2ccccc2)c2ccc(OC(=O)c3ccc(S(=O)(=O)N4CCOCC4)cc3)cc12. The first-order valence-corrected chi connectivity index (χ1v) is 14.0. The molecule has 0 radical (unpaired) electrons. The topological polar surface area (TPSA) is 104 Å². The molecule has 0 spiro atoms. The minimum absolute atomic E-state index is 0.0965. The molecule has 5 rings (SSSR count). The molecule has 0 aliphatic carbocycles. The fourth-order valence-electron chi connectivity index (χ4n) is 4.70. The van der Waals surface area contributed by atoms with Crippen LogP contribution in [0, 0.1) is 6.92 Å². The molecule has 10 heteroatoms. The normalized spacial score (nSPS) is 14.3. The number of hydrogen-bond acceptors (Lipinski definition) is 7. The minimum Gasteiger partial charge on any atom is -0.462 e. The number of ether oxygens (including phenoxy) is 3. The molecule has 0 saturated carbocycles. The summed E-state index contributed by atoms with van der Waals surface area (Å²) in [5.41, 5.74) is 2.94. The van der Waals surface area contributed by atoms with Gasteiger partial charge in [0.25, 0.3) is 0 Å². The number of esters is 2. The molecule has 0 unspecified atom stereocenters. The zero-order chi connectivity index (χ0) is 27.6. The van der Waals surface area contributed by atoms with Crippen molar-refractivity contribution in [3.05, 3.63) is 89.6 Å². The summed E-state index contributed by atoms with van der Waals surface area (Å²) in [5, 5.41) is 0.590. The van der Waals surface area contributed by atoms with Crippen LogP contribution in [0.1, 0.15) is 33.3 Å². The predicted octanol–water partition coefficient (Wildman–Crippen LogP) is 4.36. The van der Waals surface area contributed by atoms with Crippen LogP contribution in [-0.4, -0.2) is 62.1 Å². The number of carbonyl (C=O) groups is 2. The molecule has 4 aromatic rings. The van der Waals surface area contributed by atoms with Gasteiger partial charge in [0, 0.05) is 29.9 Å². The Kier molecular flexibility index (Phi) is 7.51. The van der Waals surface area contributed by atoms with Gasteiger partial charge in [0.15, 0.2) is 0 Å². The molecule has 3 aromatic carbocycles. The highest BCUT2D eigenvalue weighted by Gasteiger charge is 2.27. The summed E-state index contributed by atoms with van der Waals surface area (Å²) in [6, 6.07) is 20.4. The highest BCUT2D eigenvalue weighted by atomic mass is 32.2. The molecular formula is C29H28N2O7S. The molecule has 39 heavy (non-hydrogen) atoms. The minimum atomic E-state index is -3.68. The van der Waals surface area contributed by atoms with Gasteiger partial charge in [0.1, 0.15) is 5.75 Å². The summed E-state index contributed by atoms with van der Waals surface area (Å²) in [4.78, 5) is 25.9. The largest absolute Gasteiger partial charge is 0.462 e. The average Bonchev–Trinajstić information content (AvgIpc) is 3.25. The lowest BCUT2D eigenvalue weighted by Crippen LogP contribution is -2.40. The van der Waals surface area contributed by atoms with Crippen LogP contribution in [0.3, 0.4) is 0 Å². The first-order valence-electron chi connectivity index (χ1n) is 12.6. The van der Waals surface area contributed by atoms with Gasteiger partial charge in [-0.05, 0) is 68.4 Å². The second kappa shape index (κ2) is 11.0. The number of fused-ring (bicyclic) bond motifs is 1. The quantitative estimate of drug-likeness (QED) is 0.250. The Hall–Kier alpha value is -3.99.